The van der Waals surface area contributed by atoms with Crippen molar-refractivity contribution in [1.29, 1.82) is 0 Å². The number of nitrogens with zero attached hydrogens (tertiary/aromatic N) is 2. The maximum Gasteiger partial charge on any atom is 0.264 e. The monoisotopic (exact) mass is 270 g/mol. The second-order valence-corrected chi connectivity index (χ2v) is 4.60. The third-order valence-corrected chi connectivity index (χ3v) is 3.40. The van der Waals surface area contributed by atoms with E-state index in [0.717, 1.165) is 17.5 Å². The maximum atomic E-state index is 12.6. The van der Waals surface area contributed by atoms with Crippen molar-refractivity contribution in [2.24, 2.45) is 0 Å². The second kappa shape index (κ2) is 4.52. The number of rotatable bonds is 2. The highest BCUT2D eigenvalue weighted by atomic mass is 16.5. The summed E-state index contributed by atoms with van der Waals surface area (Å²) in [7, 11) is 1.45. The Balaban J connectivity index is 2.48. The molecule has 0 saturated carbocycles. The summed E-state index contributed by atoms with van der Waals surface area (Å²) in [6.07, 6.45) is 4.31. The fourth-order valence-corrected chi connectivity index (χ4v) is 2.27. The van der Waals surface area contributed by atoms with Gasteiger partial charge in [0.15, 0.2) is 11.5 Å². The van der Waals surface area contributed by atoms with Crippen molar-refractivity contribution in [2.75, 3.05) is 7.11 Å². The number of phenolic OH excluding ortho intramolecular Hbond substituents is 1. The minimum absolute atomic E-state index is 0.0305. The van der Waals surface area contributed by atoms with E-state index in [-0.39, 0.29) is 17.1 Å². The van der Waals surface area contributed by atoms with Crippen molar-refractivity contribution in [3.8, 4) is 11.5 Å². The first-order valence-electron chi connectivity index (χ1n) is 6.35. The Hall–Kier alpha value is -2.56. The van der Waals surface area contributed by atoms with Crippen LogP contribution in [0.3, 0.4) is 0 Å². The van der Waals surface area contributed by atoms with Gasteiger partial charge in [0.1, 0.15) is 0 Å². The molecule has 0 saturated heterocycles. The van der Waals surface area contributed by atoms with Crippen LogP contribution in [0.25, 0.3) is 16.4 Å². The predicted molar refractivity (Wildman–Crippen MR) is 76.6 cm³/mol. The van der Waals surface area contributed by atoms with E-state index in [2.05, 4.69) is 4.98 Å². The molecule has 2 aromatic heterocycles. The fourth-order valence-electron chi connectivity index (χ4n) is 2.27. The number of hydrogen-bond acceptors (Lipinski definition) is 4. The minimum atomic E-state index is -0.175. The van der Waals surface area contributed by atoms with E-state index in [0.29, 0.717) is 10.9 Å². The number of benzene rings is 1. The summed E-state index contributed by atoms with van der Waals surface area (Å²) < 4.78 is 6.63. The van der Waals surface area contributed by atoms with Gasteiger partial charge >= 0.3 is 0 Å². The van der Waals surface area contributed by atoms with Crippen molar-refractivity contribution in [3.05, 3.63) is 46.5 Å². The highest BCUT2D eigenvalue weighted by molar-refractivity contribution is 5.82. The topological polar surface area (TPSA) is 63.8 Å². The summed E-state index contributed by atoms with van der Waals surface area (Å²) in [5, 5.41) is 10.2. The molecule has 3 rings (SSSR count). The van der Waals surface area contributed by atoms with Crippen LogP contribution in [-0.4, -0.2) is 21.6 Å². The predicted octanol–water partition coefficient (Wildman–Crippen LogP) is 2.12. The van der Waals surface area contributed by atoms with Crippen LogP contribution in [0.15, 0.2) is 35.4 Å². The van der Waals surface area contributed by atoms with Crippen molar-refractivity contribution in [3.63, 3.8) is 0 Å². The van der Waals surface area contributed by atoms with Gasteiger partial charge in [-0.05, 0) is 24.1 Å². The second-order valence-electron chi connectivity index (χ2n) is 4.60. The number of hydrogen-bond donors (Lipinski definition) is 1. The van der Waals surface area contributed by atoms with Crippen molar-refractivity contribution in [1.82, 2.24) is 9.38 Å². The Kier molecular flexibility index (Phi) is 2.82. The number of ether oxygens (including phenoxy) is 1. The molecule has 0 radical (unpaired) electrons. The molecule has 2 heterocycles. The molecule has 5 heteroatoms. The molecule has 20 heavy (non-hydrogen) atoms. The summed E-state index contributed by atoms with van der Waals surface area (Å²) in [6.45, 7) is 2.03. The SMILES string of the molecule is CCc1cc2cnc3cc(O)c(OC)cc3c(=O)n2c1. The van der Waals surface area contributed by atoms with Crippen LogP contribution in [-0.2, 0) is 6.42 Å². The molecule has 0 bridgehead atoms. The molecule has 1 aromatic carbocycles. The largest absolute Gasteiger partial charge is 0.504 e. The van der Waals surface area contributed by atoms with Gasteiger partial charge in [0.2, 0.25) is 0 Å². The van der Waals surface area contributed by atoms with Crippen LogP contribution in [0.2, 0.25) is 0 Å². The van der Waals surface area contributed by atoms with Crippen LogP contribution < -0.4 is 10.3 Å². The molecular formula is C15H14N2O3. The molecule has 1 N–H and O–H groups in total. The molecule has 5 nitrogen and oxygen atoms in total. The quantitative estimate of drug-likeness (QED) is 0.774. The summed E-state index contributed by atoms with van der Waals surface area (Å²) >= 11 is 0. The number of aryl methyl sites for hydroxylation is 1. The molecule has 0 unspecified atom stereocenters. The van der Waals surface area contributed by atoms with Crippen molar-refractivity contribution >= 4 is 16.4 Å². The van der Waals surface area contributed by atoms with Gasteiger partial charge in [-0.15, -0.1) is 0 Å². The Morgan fingerprint density at radius 3 is 2.85 bits per heavy atom. The lowest BCUT2D eigenvalue weighted by atomic mass is 10.2. The van der Waals surface area contributed by atoms with Crippen LogP contribution in [0, 0.1) is 0 Å². The highest BCUT2D eigenvalue weighted by Gasteiger charge is 2.09. The van der Waals surface area contributed by atoms with Crippen LogP contribution in [0.5, 0.6) is 11.5 Å². The van der Waals surface area contributed by atoms with Crippen LogP contribution in [0.1, 0.15) is 12.5 Å². The molecular weight excluding hydrogens is 256 g/mol. The first kappa shape index (κ1) is 12.5. The van der Waals surface area contributed by atoms with E-state index < -0.39 is 0 Å². The average molecular weight is 270 g/mol. The van der Waals surface area contributed by atoms with Crippen molar-refractivity contribution in [2.45, 2.75) is 13.3 Å². The summed E-state index contributed by atoms with van der Waals surface area (Å²) in [5.74, 6) is 0.232. The minimum Gasteiger partial charge on any atom is -0.504 e. The summed E-state index contributed by atoms with van der Waals surface area (Å²) in [4.78, 5) is 16.9. The molecule has 102 valence electrons. The van der Waals surface area contributed by atoms with Gasteiger partial charge in [-0.3, -0.25) is 14.2 Å². The number of fused-ring (bicyclic) bond motifs is 2. The van der Waals surface area contributed by atoms with E-state index >= 15 is 0 Å². The normalized spacial score (nSPS) is 11.1. The maximum absolute atomic E-state index is 12.6. The number of aromatic hydroxyl groups is 1. The summed E-state index contributed by atoms with van der Waals surface area (Å²) in [5.41, 5.74) is 2.08. The molecule has 0 fully saturated rings. The number of aromatic nitrogens is 2. The van der Waals surface area contributed by atoms with E-state index in [4.69, 9.17) is 4.74 Å². The van der Waals surface area contributed by atoms with E-state index in [1.165, 1.54) is 19.2 Å². The first-order valence-corrected chi connectivity index (χ1v) is 6.35. The molecule has 3 aromatic rings. The van der Waals surface area contributed by atoms with E-state index in [1.807, 2.05) is 19.2 Å². The smallest absolute Gasteiger partial charge is 0.264 e. The Labute approximate surface area is 115 Å². The van der Waals surface area contributed by atoms with Gasteiger partial charge < -0.3 is 9.84 Å². The molecule has 0 atom stereocenters. The van der Waals surface area contributed by atoms with E-state index in [9.17, 15) is 9.90 Å². The highest BCUT2D eigenvalue weighted by Crippen LogP contribution is 2.28. The standard InChI is InChI=1S/C15H14N2O3/c1-3-9-4-10-7-16-12-6-13(18)14(20-2)5-11(12)15(19)17(10)8-9/h4-8,18H,3H2,1-2H3. The third-order valence-electron chi connectivity index (χ3n) is 3.40. The fraction of sp³-hybridized carbons (Fsp3) is 0.200. The van der Waals surface area contributed by atoms with E-state index in [1.54, 1.807) is 10.6 Å². The zero-order valence-electron chi connectivity index (χ0n) is 11.3. The lowest BCUT2D eigenvalue weighted by molar-refractivity contribution is 0.374. The molecule has 0 amide bonds. The molecule has 0 aliphatic rings. The average Bonchev–Trinajstić information content (AvgIpc) is 2.83. The molecule has 0 aliphatic carbocycles. The first-order chi connectivity index (χ1) is 9.63. The van der Waals surface area contributed by atoms with Gasteiger partial charge in [0, 0.05) is 12.3 Å². The number of methoxy groups -OCH3 is 1. The van der Waals surface area contributed by atoms with Gasteiger partial charge in [0.05, 0.1) is 29.7 Å². The van der Waals surface area contributed by atoms with Crippen LogP contribution >= 0.6 is 0 Å². The zero-order chi connectivity index (χ0) is 14.3. The Morgan fingerprint density at radius 1 is 1.35 bits per heavy atom. The lowest BCUT2D eigenvalue weighted by Gasteiger charge is -2.02. The van der Waals surface area contributed by atoms with Gasteiger partial charge in [-0.1, -0.05) is 6.92 Å². The van der Waals surface area contributed by atoms with Gasteiger partial charge in [-0.2, -0.15) is 0 Å². The molecule has 0 spiro atoms. The van der Waals surface area contributed by atoms with Crippen LogP contribution in [0.4, 0.5) is 0 Å². The van der Waals surface area contributed by atoms with Crippen molar-refractivity contribution < 1.29 is 9.84 Å². The Morgan fingerprint density at radius 2 is 2.15 bits per heavy atom. The lowest BCUT2D eigenvalue weighted by Crippen LogP contribution is -2.08. The Bertz CT molecular complexity index is 868. The molecule has 0 aliphatic heterocycles. The zero-order valence-corrected chi connectivity index (χ0v) is 11.3. The number of phenols is 1. The summed E-state index contributed by atoms with van der Waals surface area (Å²) in [6, 6.07) is 4.89. The third kappa shape index (κ3) is 1.79. The van der Waals surface area contributed by atoms with Gasteiger partial charge in [-0.25, -0.2) is 0 Å². The van der Waals surface area contributed by atoms with Gasteiger partial charge in [0.25, 0.3) is 5.56 Å².